The Bertz CT molecular complexity index is 641. The van der Waals surface area contributed by atoms with E-state index in [2.05, 4.69) is 41.8 Å². The van der Waals surface area contributed by atoms with Crippen LogP contribution in [0, 0.1) is 0 Å². The highest BCUT2D eigenvalue weighted by atomic mass is 127. The summed E-state index contributed by atoms with van der Waals surface area (Å²) >= 11 is 5.21. The van der Waals surface area contributed by atoms with Crippen molar-refractivity contribution in [3.05, 3.63) is 45.9 Å². The lowest BCUT2D eigenvalue weighted by Crippen LogP contribution is -2.51. The quantitative estimate of drug-likeness (QED) is 0.394. The normalized spacial score (nSPS) is 15.4. The number of thiazole rings is 1. The second kappa shape index (κ2) is 8.84. The fourth-order valence-electron chi connectivity index (χ4n) is 2.39. The molecule has 0 radical (unpaired) electrons. The van der Waals surface area contributed by atoms with Crippen LogP contribution in [0.3, 0.4) is 0 Å². The second-order valence-electron chi connectivity index (χ2n) is 5.05. The number of nitrogens with zero attached hydrogens (tertiary/aromatic N) is 4. The monoisotopic (exact) mass is 507 g/mol. The van der Waals surface area contributed by atoms with Crippen LogP contribution in [0.15, 0.2) is 45.3 Å². The van der Waals surface area contributed by atoms with Gasteiger partial charge in [-0.05, 0) is 11.6 Å². The van der Waals surface area contributed by atoms with Crippen LogP contribution < -0.4 is 10.6 Å². The molecule has 8 heteroatoms. The van der Waals surface area contributed by atoms with Crippen molar-refractivity contribution in [1.29, 1.82) is 0 Å². The maximum absolute atomic E-state index is 6.14. The molecule has 0 aliphatic carbocycles. The van der Waals surface area contributed by atoms with Crippen LogP contribution >= 0.6 is 51.2 Å². The zero-order chi connectivity index (χ0) is 15.4. The molecule has 5 nitrogen and oxygen atoms in total. The largest absolute Gasteiger partial charge is 0.370 e. The van der Waals surface area contributed by atoms with E-state index in [0.29, 0.717) is 12.5 Å². The van der Waals surface area contributed by atoms with Gasteiger partial charge in [0.25, 0.3) is 0 Å². The van der Waals surface area contributed by atoms with Gasteiger partial charge in [-0.25, -0.2) is 9.98 Å². The molecule has 0 saturated carbocycles. The van der Waals surface area contributed by atoms with Gasteiger partial charge >= 0.3 is 0 Å². The Morgan fingerprint density at radius 2 is 2.00 bits per heavy atom. The van der Waals surface area contributed by atoms with E-state index in [4.69, 9.17) is 5.73 Å². The molecule has 1 saturated heterocycles. The van der Waals surface area contributed by atoms with Gasteiger partial charge in [-0.3, -0.25) is 0 Å². The molecule has 0 bridgehead atoms. The van der Waals surface area contributed by atoms with Crippen molar-refractivity contribution in [3.8, 4) is 0 Å². The van der Waals surface area contributed by atoms with Crippen LogP contribution in [0.2, 0.25) is 0 Å². The molecule has 1 aromatic carbocycles. The maximum atomic E-state index is 6.14. The van der Waals surface area contributed by atoms with Gasteiger partial charge in [0, 0.05) is 42.2 Å². The van der Waals surface area contributed by atoms with Crippen molar-refractivity contribution >= 4 is 62.3 Å². The van der Waals surface area contributed by atoms with Gasteiger partial charge in [-0.15, -0.1) is 35.3 Å². The molecule has 0 unspecified atom stereocenters. The lowest BCUT2D eigenvalue weighted by molar-refractivity contribution is 0.380. The summed E-state index contributed by atoms with van der Waals surface area (Å²) in [7, 11) is 0. The summed E-state index contributed by atoms with van der Waals surface area (Å²) in [5.74, 6) is 0.620. The third-order valence-electron chi connectivity index (χ3n) is 3.66. The molecule has 2 aromatic rings. The van der Waals surface area contributed by atoms with Crippen LogP contribution in [-0.4, -0.2) is 42.0 Å². The molecule has 23 heavy (non-hydrogen) atoms. The number of anilines is 1. The van der Waals surface area contributed by atoms with Crippen molar-refractivity contribution in [1.82, 2.24) is 9.88 Å². The molecule has 1 fully saturated rings. The van der Waals surface area contributed by atoms with Gasteiger partial charge in [0.15, 0.2) is 11.1 Å². The van der Waals surface area contributed by atoms with Gasteiger partial charge in [0.2, 0.25) is 0 Å². The zero-order valence-corrected chi connectivity index (χ0v) is 17.3. The fraction of sp³-hybridized carbons (Fsp3) is 0.333. The van der Waals surface area contributed by atoms with Gasteiger partial charge in [0.1, 0.15) is 0 Å². The first-order valence-electron chi connectivity index (χ1n) is 7.17. The number of piperazine rings is 1. The van der Waals surface area contributed by atoms with E-state index in [1.165, 1.54) is 0 Å². The predicted molar refractivity (Wildman–Crippen MR) is 111 cm³/mol. The van der Waals surface area contributed by atoms with E-state index in [1.54, 1.807) is 11.3 Å². The Kier molecular flexibility index (Phi) is 7.09. The van der Waals surface area contributed by atoms with Crippen molar-refractivity contribution in [3.63, 3.8) is 0 Å². The number of guanidine groups is 1. The highest BCUT2D eigenvalue weighted by molar-refractivity contribution is 14.0. The maximum Gasteiger partial charge on any atom is 0.191 e. The van der Waals surface area contributed by atoms with E-state index in [9.17, 15) is 0 Å². The number of aliphatic imine (C=N–C) groups is 1. The Balaban J connectivity index is 0.00000192. The molecule has 0 atom stereocenters. The summed E-state index contributed by atoms with van der Waals surface area (Å²) in [6.07, 6.45) is 1.85. The first-order chi connectivity index (χ1) is 10.7. The topological polar surface area (TPSA) is 57.8 Å². The number of rotatable bonds is 3. The third kappa shape index (κ3) is 4.80. The highest BCUT2D eigenvalue weighted by Crippen LogP contribution is 2.19. The van der Waals surface area contributed by atoms with Crippen LogP contribution in [-0.2, 0) is 6.54 Å². The van der Waals surface area contributed by atoms with Crippen LogP contribution in [0.1, 0.15) is 5.56 Å². The number of hydrogen-bond acceptors (Lipinski definition) is 4. The summed E-state index contributed by atoms with van der Waals surface area (Å²) in [5.41, 5.74) is 7.28. The molecule has 0 spiro atoms. The minimum absolute atomic E-state index is 0. The number of aromatic nitrogens is 1. The average molecular weight is 508 g/mol. The van der Waals surface area contributed by atoms with Gasteiger partial charge < -0.3 is 15.5 Å². The van der Waals surface area contributed by atoms with E-state index in [0.717, 1.165) is 41.3 Å². The Labute approximate surface area is 165 Å². The van der Waals surface area contributed by atoms with Crippen molar-refractivity contribution in [2.45, 2.75) is 6.54 Å². The SMILES string of the molecule is I.NC(=NCc1ccccc1Br)N1CCN(c2nccs2)CC1. The predicted octanol–water partition coefficient (Wildman–Crippen LogP) is 3.16. The van der Waals surface area contributed by atoms with Gasteiger partial charge in [-0.2, -0.15) is 0 Å². The number of benzene rings is 1. The minimum atomic E-state index is 0. The summed E-state index contributed by atoms with van der Waals surface area (Å²) < 4.78 is 1.07. The van der Waals surface area contributed by atoms with E-state index in [-0.39, 0.29) is 24.0 Å². The number of halogens is 2. The summed E-state index contributed by atoms with van der Waals surface area (Å²) in [4.78, 5) is 13.3. The van der Waals surface area contributed by atoms with Crippen LogP contribution in [0.4, 0.5) is 5.13 Å². The van der Waals surface area contributed by atoms with E-state index >= 15 is 0 Å². The Morgan fingerprint density at radius 1 is 1.26 bits per heavy atom. The summed E-state index contributed by atoms with van der Waals surface area (Å²) in [6.45, 7) is 4.22. The molecule has 124 valence electrons. The number of hydrogen-bond donors (Lipinski definition) is 1. The minimum Gasteiger partial charge on any atom is -0.370 e. The standard InChI is InChI=1S/C15H18BrN5S.HI/c16-13-4-2-1-3-12(13)11-19-14(17)20-6-8-21(9-7-20)15-18-5-10-22-15;/h1-5,10H,6-9,11H2,(H2,17,19);1H. The molecule has 0 amide bonds. The molecule has 2 N–H and O–H groups in total. The van der Waals surface area contributed by atoms with E-state index in [1.807, 2.05) is 29.8 Å². The van der Waals surface area contributed by atoms with Gasteiger partial charge in [-0.1, -0.05) is 34.1 Å². The summed E-state index contributed by atoms with van der Waals surface area (Å²) in [5, 5.41) is 3.10. The van der Waals surface area contributed by atoms with Gasteiger partial charge in [0.05, 0.1) is 6.54 Å². The third-order valence-corrected chi connectivity index (χ3v) is 5.27. The van der Waals surface area contributed by atoms with Crippen LogP contribution in [0.5, 0.6) is 0 Å². The lowest BCUT2D eigenvalue weighted by atomic mass is 10.2. The smallest absolute Gasteiger partial charge is 0.191 e. The molecule has 1 aromatic heterocycles. The first-order valence-corrected chi connectivity index (χ1v) is 8.84. The summed E-state index contributed by atoms with van der Waals surface area (Å²) in [6, 6.07) is 8.09. The number of nitrogens with two attached hydrogens (primary N) is 1. The molecule has 1 aliphatic heterocycles. The van der Waals surface area contributed by atoms with Crippen molar-refractivity contribution in [2.75, 3.05) is 31.1 Å². The zero-order valence-electron chi connectivity index (χ0n) is 12.6. The molecule has 2 heterocycles. The first kappa shape index (κ1) is 18.5. The lowest BCUT2D eigenvalue weighted by Gasteiger charge is -2.35. The molecular formula is C15H19BrIN5S. The molecular weight excluding hydrogens is 489 g/mol. The second-order valence-corrected chi connectivity index (χ2v) is 6.78. The molecule has 3 rings (SSSR count). The van der Waals surface area contributed by atoms with Crippen LogP contribution in [0.25, 0.3) is 0 Å². The fourth-order valence-corrected chi connectivity index (χ4v) is 3.50. The average Bonchev–Trinajstić information content (AvgIpc) is 3.08. The van der Waals surface area contributed by atoms with Crippen molar-refractivity contribution in [2.24, 2.45) is 10.7 Å². The highest BCUT2D eigenvalue weighted by Gasteiger charge is 2.19. The van der Waals surface area contributed by atoms with Crippen molar-refractivity contribution < 1.29 is 0 Å². The Morgan fingerprint density at radius 3 is 2.65 bits per heavy atom. The molecule has 1 aliphatic rings. The van der Waals surface area contributed by atoms with E-state index < -0.39 is 0 Å². The Hall–Kier alpha value is -0.870.